The molecule has 4 rings (SSSR count). The number of carbonyl (C=O) groups is 1. The molecule has 0 bridgehead atoms. The zero-order chi connectivity index (χ0) is 24.3. The highest BCUT2D eigenvalue weighted by Gasteiger charge is 2.36. The number of hydrogen-bond acceptors (Lipinski definition) is 5. The van der Waals surface area contributed by atoms with Gasteiger partial charge in [-0.05, 0) is 54.4 Å². The van der Waals surface area contributed by atoms with Gasteiger partial charge in [0.1, 0.15) is 11.5 Å². The van der Waals surface area contributed by atoms with E-state index in [0.29, 0.717) is 24.5 Å². The molecule has 1 saturated heterocycles. The number of amides is 1. The van der Waals surface area contributed by atoms with E-state index in [1.54, 1.807) is 26.3 Å². The highest BCUT2D eigenvalue weighted by molar-refractivity contribution is 6.04. The SMILES string of the molecule is CNC(=O)[C@H]1CCN(C2CC(c3ccc(OCCC(F)(F)F)cc3)=Nc3cc(OC)ccc32)C1. The van der Waals surface area contributed by atoms with Gasteiger partial charge in [0.2, 0.25) is 5.91 Å². The van der Waals surface area contributed by atoms with Crippen LogP contribution in [0, 0.1) is 5.92 Å². The Labute approximate surface area is 196 Å². The molecule has 2 atom stereocenters. The van der Waals surface area contributed by atoms with Gasteiger partial charge in [0.25, 0.3) is 0 Å². The van der Waals surface area contributed by atoms with Crippen molar-refractivity contribution in [3.8, 4) is 11.5 Å². The topological polar surface area (TPSA) is 63.2 Å². The summed E-state index contributed by atoms with van der Waals surface area (Å²) >= 11 is 0. The minimum atomic E-state index is -4.24. The highest BCUT2D eigenvalue weighted by Crippen LogP contribution is 2.42. The molecule has 0 radical (unpaired) electrons. The van der Waals surface area contributed by atoms with Crippen molar-refractivity contribution in [2.45, 2.75) is 31.5 Å². The van der Waals surface area contributed by atoms with E-state index in [1.165, 1.54) is 0 Å². The second-order valence-electron chi connectivity index (χ2n) is 8.54. The van der Waals surface area contributed by atoms with Gasteiger partial charge in [-0.3, -0.25) is 14.7 Å². The molecule has 2 heterocycles. The van der Waals surface area contributed by atoms with E-state index >= 15 is 0 Å². The minimum absolute atomic E-state index is 0.0397. The van der Waals surface area contributed by atoms with Crippen molar-refractivity contribution < 1.29 is 27.4 Å². The number of nitrogens with one attached hydrogen (secondary N) is 1. The molecule has 2 aromatic carbocycles. The van der Waals surface area contributed by atoms with Crippen molar-refractivity contribution in [3.05, 3.63) is 53.6 Å². The van der Waals surface area contributed by atoms with Gasteiger partial charge in [0, 0.05) is 32.1 Å². The number of methoxy groups -OCH3 is 1. The minimum Gasteiger partial charge on any atom is -0.497 e. The smallest absolute Gasteiger partial charge is 0.392 e. The lowest BCUT2D eigenvalue weighted by Gasteiger charge is -2.33. The Morgan fingerprint density at radius 3 is 2.59 bits per heavy atom. The van der Waals surface area contributed by atoms with E-state index in [1.807, 2.05) is 30.3 Å². The Balaban J connectivity index is 1.56. The maximum atomic E-state index is 12.4. The van der Waals surface area contributed by atoms with Crippen LogP contribution in [-0.2, 0) is 4.79 Å². The summed E-state index contributed by atoms with van der Waals surface area (Å²) in [4.78, 5) is 19.4. The van der Waals surface area contributed by atoms with Gasteiger partial charge in [-0.1, -0.05) is 6.07 Å². The summed E-state index contributed by atoms with van der Waals surface area (Å²) in [5, 5.41) is 2.75. The largest absolute Gasteiger partial charge is 0.497 e. The van der Waals surface area contributed by atoms with E-state index in [4.69, 9.17) is 14.5 Å². The summed E-state index contributed by atoms with van der Waals surface area (Å²) < 4.78 is 47.7. The van der Waals surface area contributed by atoms with Gasteiger partial charge in [0.15, 0.2) is 0 Å². The van der Waals surface area contributed by atoms with Gasteiger partial charge in [-0.25, -0.2) is 0 Å². The molecule has 2 aliphatic heterocycles. The van der Waals surface area contributed by atoms with Gasteiger partial charge in [-0.15, -0.1) is 0 Å². The van der Waals surface area contributed by atoms with Crippen molar-refractivity contribution in [2.24, 2.45) is 10.9 Å². The first-order valence-corrected chi connectivity index (χ1v) is 11.3. The highest BCUT2D eigenvalue weighted by atomic mass is 19.4. The van der Waals surface area contributed by atoms with Crippen LogP contribution in [0.5, 0.6) is 11.5 Å². The second-order valence-corrected chi connectivity index (χ2v) is 8.54. The van der Waals surface area contributed by atoms with E-state index in [-0.39, 0.29) is 17.9 Å². The summed E-state index contributed by atoms with van der Waals surface area (Å²) in [5.74, 6) is 1.11. The van der Waals surface area contributed by atoms with Crippen LogP contribution in [0.1, 0.15) is 36.4 Å². The molecule has 6 nitrogen and oxygen atoms in total. The molecule has 1 unspecified atom stereocenters. The molecule has 34 heavy (non-hydrogen) atoms. The fourth-order valence-electron chi connectivity index (χ4n) is 4.54. The first kappa shape index (κ1) is 24.1. The Morgan fingerprint density at radius 1 is 1.18 bits per heavy atom. The molecule has 1 amide bonds. The Morgan fingerprint density at radius 2 is 1.91 bits per heavy atom. The van der Waals surface area contributed by atoms with Crippen molar-refractivity contribution >= 4 is 17.3 Å². The third-order valence-corrected chi connectivity index (χ3v) is 6.36. The number of benzene rings is 2. The van der Waals surface area contributed by atoms with E-state index in [0.717, 1.165) is 35.5 Å². The van der Waals surface area contributed by atoms with Crippen LogP contribution >= 0.6 is 0 Å². The lowest BCUT2D eigenvalue weighted by atomic mass is 9.91. The lowest BCUT2D eigenvalue weighted by molar-refractivity contribution is -0.139. The predicted molar refractivity (Wildman–Crippen MR) is 123 cm³/mol. The third kappa shape index (κ3) is 5.52. The third-order valence-electron chi connectivity index (χ3n) is 6.36. The molecule has 2 aliphatic rings. The van der Waals surface area contributed by atoms with Crippen LogP contribution in [0.4, 0.5) is 18.9 Å². The number of carbonyl (C=O) groups excluding carboxylic acids is 1. The zero-order valence-corrected chi connectivity index (χ0v) is 19.2. The van der Waals surface area contributed by atoms with E-state index in [2.05, 4.69) is 10.2 Å². The average molecular weight is 476 g/mol. The summed E-state index contributed by atoms with van der Waals surface area (Å²) in [6.45, 7) is 1.07. The molecule has 0 saturated carbocycles. The van der Waals surface area contributed by atoms with Crippen molar-refractivity contribution in [2.75, 3.05) is 33.9 Å². The van der Waals surface area contributed by atoms with Crippen molar-refractivity contribution in [1.82, 2.24) is 10.2 Å². The molecular weight excluding hydrogens is 447 g/mol. The maximum absolute atomic E-state index is 12.4. The van der Waals surface area contributed by atoms with Crippen LogP contribution in [0.25, 0.3) is 0 Å². The van der Waals surface area contributed by atoms with Gasteiger partial charge in [0.05, 0.1) is 37.5 Å². The quantitative estimate of drug-likeness (QED) is 0.633. The van der Waals surface area contributed by atoms with Crippen molar-refractivity contribution in [3.63, 3.8) is 0 Å². The Kier molecular flexibility index (Phi) is 7.11. The predicted octanol–water partition coefficient (Wildman–Crippen LogP) is 4.66. The van der Waals surface area contributed by atoms with E-state index in [9.17, 15) is 18.0 Å². The van der Waals surface area contributed by atoms with Crippen LogP contribution in [0.15, 0.2) is 47.5 Å². The molecule has 2 aromatic rings. The zero-order valence-electron chi connectivity index (χ0n) is 19.2. The number of likely N-dealkylation sites (tertiary alicyclic amines) is 1. The second kappa shape index (κ2) is 10.0. The number of alkyl halides is 3. The normalized spacial score (nSPS) is 20.4. The molecule has 0 spiro atoms. The fourth-order valence-corrected chi connectivity index (χ4v) is 4.54. The van der Waals surface area contributed by atoms with Crippen LogP contribution < -0.4 is 14.8 Å². The molecule has 9 heteroatoms. The number of nitrogens with zero attached hydrogens (tertiary/aromatic N) is 2. The van der Waals surface area contributed by atoms with Crippen LogP contribution in [-0.4, -0.2) is 56.5 Å². The number of halogens is 3. The summed E-state index contributed by atoms with van der Waals surface area (Å²) in [7, 11) is 3.27. The fraction of sp³-hybridized carbons (Fsp3) is 0.440. The molecule has 0 aliphatic carbocycles. The number of hydrogen-bond donors (Lipinski definition) is 1. The van der Waals surface area contributed by atoms with Gasteiger partial charge in [-0.2, -0.15) is 13.2 Å². The first-order chi connectivity index (χ1) is 16.3. The Hall–Kier alpha value is -3.07. The molecule has 1 N–H and O–H groups in total. The average Bonchev–Trinajstić information content (AvgIpc) is 3.32. The number of fused-ring (bicyclic) bond motifs is 1. The molecular formula is C25H28F3N3O3. The standard InChI is InChI=1S/C25H28F3N3O3/c1-29-24(32)17-9-11-31(15-17)23-14-21(30-22-13-19(33-2)7-8-20(22)23)16-3-5-18(6-4-16)34-12-10-25(26,27)28/h3-8,13,17,23H,9-12,14-15H2,1-2H3,(H,29,32)/t17-,23?/m0/s1. The summed E-state index contributed by atoms with van der Waals surface area (Å²) in [6, 6.07) is 12.9. The lowest BCUT2D eigenvalue weighted by Crippen LogP contribution is -2.33. The van der Waals surface area contributed by atoms with Crippen molar-refractivity contribution in [1.29, 1.82) is 0 Å². The van der Waals surface area contributed by atoms with Gasteiger partial charge < -0.3 is 14.8 Å². The monoisotopic (exact) mass is 475 g/mol. The van der Waals surface area contributed by atoms with Crippen LogP contribution in [0.2, 0.25) is 0 Å². The van der Waals surface area contributed by atoms with Crippen LogP contribution in [0.3, 0.4) is 0 Å². The van der Waals surface area contributed by atoms with Gasteiger partial charge >= 0.3 is 6.18 Å². The molecule has 1 fully saturated rings. The number of rotatable bonds is 7. The van der Waals surface area contributed by atoms with E-state index < -0.39 is 19.2 Å². The molecule has 182 valence electrons. The Bertz CT molecular complexity index is 1050. The molecule has 0 aromatic heterocycles. The maximum Gasteiger partial charge on any atom is 0.392 e. The summed E-state index contributed by atoms with van der Waals surface area (Å²) in [5.41, 5.74) is 3.66. The number of ether oxygens (including phenoxy) is 2. The summed E-state index contributed by atoms with van der Waals surface area (Å²) in [6.07, 6.45) is -3.77. The number of aliphatic imine (C=N–C) groups is 1. The first-order valence-electron chi connectivity index (χ1n) is 11.3.